The van der Waals surface area contributed by atoms with Crippen molar-refractivity contribution in [3.63, 3.8) is 0 Å². The molecule has 7 heteroatoms. The summed E-state index contributed by atoms with van der Waals surface area (Å²) in [6, 6.07) is 15.2. The zero-order valence-electron chi connectivity index (χ0n) is 16.8. The smallest absolute Gasteiger partial charge is 0.233 e. The molecule has 2 aromatic carbocycles. The topological polar surface area (TPSA) is 32.8 Å². The monoisotopic (exact) mass is 448 g/mol. The largest absolute Gasteiger partial charge is 0.366 e. The van der Waals surface area contributed by atoms with E-state index in [4.69, 9.17) is 16.3 Å². The molecule has 1 amide bonds. The number of hydrogen-bond acceptors (Lipinski definition) is 4. The molecule has 0 N–H and O–H groups in total. The second-order valence-electron chi connectivity index (χ2n) is 7.88. The number of benzene rings is 2. The standard InChI is InChI=1S/C23H26ClFN2O2S/c24-19-6-7-22(21(25)13-19)30-15-23(28)27-10-8-26(9-11-27)16-29-14-18-12-20(18)17-4-2-1-3-5-17/h1-7,13,18,20H,8-12,14-16H2/t18-,20-/m0/s1. The summed E-state index contributed by atoms with van der Waals surface area (Å²) in [7, 11) is 0. The predicted octanol–water partition coefficient (Wildman–Crippen LogP) is 4.49. The van der Waals surface area contributed by atoms with Crippen molar-refractivity contribution in [2.24, 2.45) is 5.92 Å². The Balaban J connectivity index is 1.12. The van der Waals surface area contributed by atoms with Gasteiger partial charge in [-0.25, -0.2) is 4.39 Å². The predicted molar refractivity (Wildman–Crippen MR) is 118 cm³/mol. The van der Waals surface area contributed by atoms with Crippen molar-refractivity contribution in [1.29, 1.82) is 0 Å². The van der Waals surface area contributed by atoms with Gasteiger partial charge in [0, 0.05) is 36.1 Å². The molecule has 1 saturated carbocycles. The molecule has 2 aromatic rings. The maximum atomic E-state index is 13.8. The maximum Gasteiger partial charge on any atom is 0.233 e. The van der Waals surface area contributed by atoms with Crippen LogP contribution in [0.2, 0.25) is 5.02 Å². The zero-order valence-corrected chi connectivity index (χ0v) is 18.4. The average Bonchev–Trinajstić information content (AvgIpc) is 3.54. The van der Waals surface area contributed by atoms with Gasteiger partial charge in [-0.3, -0.25) is 9.69 Å². The lowest BCUT2D eigenvalue weighted by atomic mass is 10.1. The fourth-order valence-corrected chi connectivity index (χ4v) is 4.80. The molecule has 1 heterocycles. The van der Waals surface area contributed by atoms with E-state index in [1.807, 2.05) is 4.90 Å². The van der Waals surface area contributed by atoms with E-state index >= 15 is 0 Å². The molecule has 0 aromatic heterocycles. The molecular weight excluding hydrogens is 423 g/mol. The molecule has 0 bridgehead atoms. The maximum absolute atomic E-state index is 13.8. The van der Waals surface area contributed by atoms with Crippen molar-refractivity contribution in [2.45, 2.75) is 17.2 Å². The fraction of sp³-hybridized carbons (Fsp3) is 0.435. The van der Waals surface area contributed by atoms with E-state index in [1.165, 1.54) is 29.8 Å². The lowest BCUT2D eigenvalue weighted by Gasteiger charge is -2.34. The Morgan fingerprint density at radius 3 is 2.63 bits per heavy atom. The number of rotatable bonds is 8. The van der Waals surface area contributed by atoms with E-state index in [0.29, 0.717) is 41.6 Å². The quantitative estimate of drug-likeness (QED) is 0.557. The van der Waals surface area contributed by atoms with Crippen molar-refractivity contribution in [3.8, 4) is 0 Å². The number of carbonyl (C=O) groups is 1. The minimum absolute atomic E-state index is 0.0404. The Morgan fingerprint density at radius 1 is 1.13 bits per heavy atom. The molecule has 2 atom stereocenters. The van der Waals surface area contributed by atoms with Gasteiger partial charge in [0.1, 0.15) is 5.82 Å². The van der Waals surface area contributed by atoms with Crippen LogP contribution in [-0.2, 0) is 9.53 Å². The molecule has 0 spiro atoms. The van der Waals surface area contributed by atoms with E-state index in [0.717, 1.165) is 19.7 Å². The first kappa shape index (κ1) is 21.6. The molecular formula is C23H26ClFN2O2S. The third kappa shape index (κ3) is 5.76. The summed E-state index contributed by atoms with van der Waals surface area (Å²) < 4.78 is 19.8. The van der Waals surface area contributed by atoms with Gasteiger partial charge in [0.2, 0.25) is 5.91 Å². The van der Waals surface area contributed by atoms with Gasteiger partial charge in [-0.1, -0.05) is 41.9 Å². The molecule has 0 unspecified atom stereocenters. The molecule has 2 aliphatic rings. The van der Waals surface area contributed by atoms with E-state index in [9.17, 15) is 9.18 Å². The van der Waals surface area contributed by atoms with Gasteiger partial charge >= 0.3 is 0 Å². The van der Waals surface area contributed by atoms with Crippen LogP contribution in [0, 0.1) is 11.7 Å². The van der Waals surface area contributed by atoms with Gasteiger partial charge in [0.25, 0.3) is 0 Å². The SMILES string of the molecule is O=C(CSc1ccc(Cl)cc1F)N1CCN(COC[C@@H]2C[C@H]2c2ccccc2)CC1. The second kappa shape index (κ2) is 10.1. The molecule has 2 fully saturated rings. The highest BCUT2D eigenvalue weighted by Gasteiger charge is 2.38. The fourth-order valence-electron chi connectivity index (χ4n) is 3.82. The summed E-state index contributed by atoms with van der Waals surface area (Å²) in [5.74, 6) is 1.16. The Kier molecular flexibility index (Phi) is 7.31. The minimum atomic E-state index is -0.382. The normalized spacial score (nSPS) is 21.6. The van der Waals surface area contributed by atoms with Crippen molar-refractivity contribution in [2.75, 3.05) is 45.3 Å². The van der Waals surface area contributed by atoms with Crippen LogP contribution in [0.1, 0.15) is 17.9 Å². The molecule has 30 heavy (non-hydrogen) atoms. The van der Waals surface area contributed by atoms with Crippen LogP contribution in [-0.4, -0.2) is 61.0 Å². The molecule has 1 aliphatic carbocycles. The molecule has 4 rings (SSSR count). The summed E-state index contributed by atoms with van der Waals surface area (Å²) >= 11 is 6.99. The van der Waals surface area contributed by atoms with Crippen molar-refractivity contribution >= 4 is 29.3 Å². The molecule has 160 valence electrons. The van der Waals surface area contributed by atoms with E-state index < -0.39 is 0 Å². The van der Waals surface area contributed by atoms with Gasteiger partial charge in [-0.2, -0.15) is 0 Å². The number of hydrogen-bond donors (Lipinski definition) is 0. The summed E-state index contributed by atoms with van der Waals surface area (Å²) in [6.45, 7) is 4.38. The van der Waals surface area contributed by atoms with Crippen LogP contribution in [0.3, 0.4) is 0 Å². The number of ether oxygens (including phenoxy) is 1. The highest BCUT2D eigenvalue weighted by molar-refractivity contribution is 8.00. The van der Waals surface area contributed by atoms with Crippen LogP contribution in [0.15, 0.2) is 53.4 Å². The molecule has 1 saturated heterocycles. The Bertz CT molecular complexity index is 862. The average molecular weight is 449 g/mol. The van der Waals surface area contributed by atoms with Crippen LogP contribution < -0.4 is 0 Å². The van der Waals surface area contributed by atoms with Crippen LogP contribution in [0.4, 0.5) is 4.39 Å². The highest BCUT2D eigenvalue weighted by Crippen LogP contribution is 2.47. The van der Waals surface area contributed by atoms with E-state index in [-0.39, 0.29) is 17.5 Å². The van der Waals surface area contributed by atoms with E-state index in [1.54, 1.807) is 12.1 Å². The molecule has 4 nitrogen and oxygen atoms in total. The van der Waals surface area contributed by atoms with Gasteiger partial charge in [0.05, 0.1) is 19.1 Å². The van der Waals surface area contributed by atoms with Crippen LogP contribution in [0.5, 0.6) is 0 Å². The lowest BCUT2D eigenvalue weighted by molar-refractivity contribution is -0.131. The zero-order chi connectivity index (χ0) is 20.9. The van der Waals surface area contributed by atoms with E-state index in [2.05, 4.69) is 35.2 Å². The van der Waals surface area contributed by atoms with Crippen molar-refractivity contribution in [3.05, 3.63) is 64.9 Å². The Morgan fingerprint density at radius 2 is 1.90 bits per heavy atom. The van der Waals surface area contributed by atoms with Crippen molar-refractivity contribution in [1.82, 2.24) is 9.80 Å². The highest BCUT2D eigenvalue weighted by atomic mass is 35.5. The summed E-state index contributed by atoms with van der Waals surface area (Å²) in [5, 5.41) is 0.360. The van der Waals surface area contributed by atoms with Crippen LogP contribution >= 0.6 is 23.4 Å². The number of halogens is 2. The first-order chi connectivity index (χ1) is 14.6. The molecule has 1 aliphatic heterocycles. The van der Waals surface area contributed by atoms with Crippen LogP contribution in [0.25, 0.3) is 0 Å². The Labute approximate surface area is 186 Å². The summed E-state index contributed by atoms with van der Waals surface area (Å²) in [6.07, 6.45) is 1.21. The second-order valence-corrected chi connectivity index (χ2v) is 9.33. The summed E-state index contributed by atoms with van der Waals surface area (Å²) in [5.41, 5.74) is 1.41. The number of nitrogens with zero attached hydrogens (tertiary/aromatic N) is 2. The Hall–Kier alpha value is -1.60. The van der Waals surface area contributed by atoms with Gasteiger partial charge < -0.3 is 9.64 Å². The third-order valence-electron chi connectivity index (χ3n) is 5.73. The lowest BCUT2D eigenvalue weighted by Crippen LogP contribution is -2.49. The first-order valence-electron chi connectivity index (χ1n) is 10.3. The van der Waals surface area contributed by atoms with Gasteiger partial charge in [-0.15, -0.1) is 11.8 Å². The minimum Gasteiger partial charge on any atom is -0.366 e. The number of thioether (sulfide) groups is 1. The summed E-state index contributed by atoms with van der Waals surface area (Å²) in [4.78, 5) is 17.0. The molecule has 0 radical (unpaired) electrons. The number of carbonyl (C=O) groups excluding carboxylic acids is 1. The number of amides is 1. The van der Waals surface area contributed by atoms with Crippen molar-refractivity contribution < 1.29 is 13.9 Å². The van der Waals surface area contributed by atoms with Gasteiger partial charge in [0.15, 0.2) is 0 Å². The van der Waals surface area contributed by atoms with Gasteiger partial charge in [-0.05, 0) is 42.0 Å². The first-order valence-corrected chi connectivity index (χ1v) is 11.7. The third-order valence-corrected chi connectivity index (χ3v) is 6.99. The number of piperazine rings is 1.